The molecule has 13 heteroatoms. The lowest BCUT2D eigenvalue weighted by atomic mass is 10.1. The fraction of sp³-hybridized carbons (Fsp3) is 0.880. The second-order valence-corrected chi connectivity index (χ2v) is 10.3. The smallest absolute Gasteiger partial charge is 0.408 e. The number of nitrogens with one attached hydrogen (secondary N) is 3. The number of carbonyl (C=O) groups is 3. The molecule has 1 atom stereocenters. The molecule has 0 fully saturated rings. The highest BCUT2D eigenvalue weighted by Crippen LogP contribution is 2.08. The Bertz CT molecular complexity index is 652. The fourth-order valence-electron chi connectivity index (χ4n) is 2.74. The molecule has 0 spiro atoms. The minimum absolute atomic E-state index is 0.257. The molecule has 0 saturated carbocycles. The molecule has 0 rings (SSSR count). The third-order valence-corrected chi connectivity index (χ3v) is 4.27. The van der Waals surface area contributed by atoms with Crippen LogP contribution in [0.4, 0.5) is 9.59 Å². The van der Waals surface area contributed by atoms with E-state index in [0.717, 1.165) is 0 Å². The first kappa shape index (κ1) is 35.8. The van der Waals surface area contributed by atoms with Gasteiger partial charge in [0.1, 0.15) is 17.2 Å². The molecule has 3 amide bonds. The molecule has 0 heterocycles. The molecule has 5 N–H and O–H groups in total. The van der Waals surface area contributed by atoms with Gasteiger partial charge in [-0.05, 0) is 54.4 Å². The quantitative estimate of drug-likeness (QED) is 0.162. The van der Waals surface area contributed by atoms with Crippen molar-refractivity contribution in [3.63, 3.8) is 0 Å². The van der Waals surface area contributed by atoms with E-state index in [-0.39, 0.29) is 32.0 Å². The van der Waals surface area contributed by atoms with Gasteiger partial charge in [-0.1, -0.05) is 0 Å². The number of rotatable bonds is 20. The van der Waals surface area contributed by atoms with Crippen molar-refractivity contribution in [3.8, 4) is 0 Å². The van der Waals surface area contributed by atoms with Crippen LogP contribution in [0, 0.1) is 0 Å². The van der Waals surface area contributed by atoms with Crippen LogP contribution < -0.4 is 21.7 Å². The van der Waals surface area contributed by atoms with Crippen LogP contribution in [0.15, 0.2) is 0 Å². The minimum atomic E-state index is -0.839. The molecule has 0 bridgehead atoms. The van der Waals surface area contributed by atoms with Crippen LogP contribution in [0.25, 0.3) is 0 Å². The van der Waals surface area contributed by atoms with Gasteiger partial charge in [0.2, 0.25) is 5.91 Å². The Morgan fingerprint density at radius 2 is 1.13 bits per heavy atom. The Kier molecular flexibility index (Phi) is 19.5. The molecule has 0 aliphatic carbocycles. The van der Waals surface area contributed by atoms with Crippen LogP contribution in [-0.4, -0.2) is 108 Å². The zero-order valence-electron chi connectivity index (χ0n) is 24.0. The summed E-state index contributed by atoms with van der Waals surface area (Å²) < 4.78 is 31.9. The van der Waals surface area contributed by atoms with Gasteiger partial charge in [-0.2, -0.15) is 0 Å². The zero-order chi connectivity index (χ0) is 28.9. The van der Waals surface area contributed by atoms with Gasteiger partial charge in [0.05, 0.1) is 52.9 Å². The number of alkyl carbamates (subject to hydrolysis) is 2. The summed E-state index contributed by atoms with van der Waals surface area (Å²) in [7, 11) is 0. The molecular weight excluding hydrogens is 500 g/mol. The van der Waals surface area contributed by atoms with Crippen LogP contribution in [0.2, 0.25) is 0 Å². The molecule has 0 aliphatic rings. The van der Waals surface area contributed by atoms with E-state index in [1.165, 1.54) is 0 Å². The van der Waals surface area contributed by atoms with E-state index >= 15 is 0 Å². The van der Waals surface area contributed by atoms with E-state index in [1.54, 1.807) is 41.5 Å². The maximum Gasteiger partial charge on any atom is 0.408 e. The van der Waals surface area contributed by atoms with Gasteiger partial charge in [0.15, 0.2) is 0 Å². The van der Waals surface area contributed by atoms with Crippen molar-refractivity contribution >= 4 is 18.1 Å². The largest absolute Gasteiger partial charge is 0.444 e. The van der Waals surface area contributed by atoms with Gasteiger partial charge in [-0.25, -0.2) is 9.59 Å². The number of hydrogen-bond donors (Lipinski definition) is 4. The van der Waals surface area contributed by atoms with Crippen molar-refractivity contribution in [2.75, 3.05) is 72.5 Å². The molecule has 13 nitrogen and oxygen atoms in total. The molecule has 0 saturated heterocycles. The predicted molar refractivity (Wildman–Crippen MR) is 142 cm³/mol. The second-order valence-electron chi connectivity index (χ2n) is 10.3. The van der Waals surface area contributed by atoms with Crippen LogP contribution in [0.3, 0.4) is 0 Å². The highest BCUT2D eigenvalue weighted by Gasteiger charge is 2.24. The Hall–Kier alpha value is -2.19. The molecule has 0 aromatic heterocycles. The van der Waals surface area contributed by atoms with Crippen LogP contribution in [-0.2, 0) is 33.2 Å². The van der Waals surface area contributed by atoms with Gasteiger partial charge in [0, 0.05) is 19.6 Å². The minimum Gasteiger partial charge on any atom is -0.444 e. The van der Waals surface area contributed by atoms with Gasteiger partial charge in [-0.15, -0.1) is 0 Å². The van der Waals surface area contributed by atoms with Crippen LogP contribution >= 0.6 is 0 Å². The number of carbonyl (C=O) groups excluding carboxylic acids is 3. The number of hydrogen-bond acceptors (Lipinski definition) is 10. The van der Waals surface area contributed by atoms with Crippen molar-refractivity contribution in [1.29, 1.82) is 0 Å². The zero-order valence-corrected chi connectivity index (χ0v) is 24.0. The molecular formula is C25H50N4O9. The Morgan fingerprint density at radius 3 is 1.63 bits per heavy atom. The third kappa shape index (κ3) is 24.2. The van der Waals surface area contributed by atoms with Crippen molar-refractivity contribution in [2.45, 2.75) is 71.6 Å². The number of nitrogens with two attached hydrogens (primary N) is 1. The number of ether oxygens (including phenoxy) is 6. The van der Waals surface area contributed by atoms with Crippen molar-refractivity contribution in [2.24, 2.45) is 5.73 Å². The molecule has 0 radical (unpaired) electrons. The van der Waals surface area contributed by atoms with Gasteiger partial charge in [0.25, 0.3) is 0 Å². The number of amides is 3. The molecule has 224 valence electrons. The summed E-state index contributed by atoms with van der Waals surface area (Å²) >= 11 is 0. The van der Waals surface area contributed by atoms with E-state index < -0.39 is 29.4 Å². The maximum atomic E-state index is 12.7. The molecule has 0 unspecified atom stereocenters. The van der Waals surface area contributed by atoms with Gasteiger partial charge < -0.3 is 50.1 Å². The van der Waals surface area contributed by atoms with E-state index in [9.17, 15) is 14.4 Å². The molecule has 38 heavy (non-hydrogen) atoms. The summed E-state index contributed by atoms with van der Waals surface area (Å²) in [5.41, 5.74) is 4.02. The maximum absolute atomic E-state index is 12.7. The average Bonchev–Trinajstić information content (AvgIpc) is 2.78. The van der Waals surface area contributed by atoms with Gasteiger partial charge in [-0.3, -0.25) is 4.79 Å². The SMILES string of the molecule is CC(C)(C)OC(=O)NCCC[C@H](NC(=O)OC(C)(C)C)C(=O)NCCOCCOCCOCCOCCN. The van der Waals surface area contributed by atoms with Crippen molar-refractivity contribution in [1.82, 2.24) is 16.0 Å². The molecule has 0 aliphatic heterocycles. The fourth-order valence-corrected chi connectivity index (χ4v) is 2.74. The van der Waals surface area contributed by atoms with E-state index in [2.05, 4.69) is 16.0 Å². The first-order valence-electron chi connectivity index (χ1n) is 13.1. The van der Waals surface area contributed by atoms with E-state index in [1.807, 2.05) is 0 Å². The predicted octanol–water partition coefficient (Wildman–Crippen LogP) is 1.33. The van der Waals surface area contributed by atoms with Gasteiger partial charge >= 0.3 is 12.2 Å². The Labute approximate surface area is 227 Å². The normalized spacial score (nSPS) is 12.5. The summed E-state index contributed by atoms with van der Waals surface area (Å²) in [5.74, 6) is -0.374. The second kappa shape index (κ2) is 20.7. The lowest BCUT2D eigenvalue weighted by Crippen LogP contribution is -2.49. The summed E-state index contributed by atoms with van der Waals surface area (Å²) in [6.45, 7) is 15.0. The lowest BCUT2D eigenvalue weighted by molar-refractivity contribution is -0.123. The van der Waals surface area contributed by atoms with Crippen LogP contribution in [0.1, 0.15) is 54.4 Å². The van der Waals surface area contributed by atoms with Crippen LogP contribution in [0.5, 0.6) is 0 Å². The average molecular weight is 551 g/mol. The summed E-state index contributed by atoms with van der Waals surface area (Å²) in [6, 6.07) is -0.839. The topological polar surface area (TPSA) is 169 Å². The monoisotopic (exact) mass is 550 g/mol. The Balaban J connectivity index is 4.21. The van der Waals surface area contributed by atoms with Crippen molar-refractivity contribution in [3.05, 3.63) is 0 Å². The highest BCUT2D eigenvalue weighted by atomic mass is 16.6. The van der Waals surface area contributed by atoms with Crippen molar-refractivity contribution < 1.29 is 42.8 Å². The lowest BCUT2D eigenvalue weighted by Gasteiger charge is -2.23. The Morgan fingerprint density at radius 1 is 0.658 bits per heavy atom. The summed E-state index contributed by atoms with van der Waals surface area (Å²) in [4.78, 5) is 36.7. The molecule has 0 aromatic carbocycles. The van der Waals surface area contributed by atoms with E-state index in [4.69, 9.17) is 34.2 Å². The summed E-state index contributed by atoms with van der Waals surface area (Å²) in [6.07, 6.45) is -0.513. The third-order valence-electron chi connectivity index (χ3n) is 4.27. The first-order valence-corrected chi connectivity index (χ1v) is 13.1. The first-order chi connectivity index (χ1) is 17.8. The highest BCUT2D eigenvalue weighted by molar-refractivity contribution is 5.85. The van der Waals surface area contributed by atoms with E-state index in [0.29, 0.717) is 59.2 Å². The summed E-state index contributed by atoms with van der Waals surface area (Å²) in [5, 5.41) is 7.98. The standard InChI is InChI=1S/C25H50N4O9/c1-24(2,3)37-22(31)28-10-7-8-20(29-23(32)38-25(4,5)6)21(30)27-11-13-34-15-17-36-19-18-35-16-14-33-12-9-26/h20H,7-19,26H2,1-6H3,(H,27,30)(H,28,31)(H,29,32)/t20-/m0/s1. The molecule has 0 aromatic rings.